The van der Waals surface area contributed by atoms with Crippen molar-refractivity contribution in [2.24, 2.45) is 0 Å². The molecule has 0 bridgehead atoms. The van der Waals surface area contributed by atoms with E-state index in [-0.39, 0.29) is 18.0 Å². The number of aromatic amines is 1. The van der Waals surface area contributed by atoms with Crippen LogP contribution in [-0.4, -0.2) is 27.2 Å². The van der Waals surface area contributed by atoms with E-state index < -0.39 is 12.0 Å². The summed E-state index contributed by atoms with van der Waals surface area (Å²) in [6.45, 7) is 3.84. The van der Waals surface area contributed by atoms with Gasteiger partial charge in [0, 0.05) is 5.69 Å². The van der Waals surface area contributed by atoms with E-state index >= 15 is 0 Å². The Morgan fingerprint density at radius 1 is 1.36 bits per heavy atom. The molecule has 1 aromatic carbocycles. The van der Waals surface area contributed by atoms with Crippen LogP contribution in [0.4, 0.5) is 0 Å². The Morgan fingerprint density at radius 2 is 2.09 bits per heavy atom. The number of carbonyl (C=O) groups excluding carboxylic acids is 1. The Labute approximate surface area is 128 Å². The van der Waals surface area contributed by atoms with Gasteiger partial charge in [-0.3, -0.25) is 14.7 Å². The van der Waals surface area contributed by atoms with Crippen LogP contribution < -0.4 is 5.32 Å². The molecule has 0 fully saturated rings. The first kappa shape index (κ1) is 15.8. The first-order valence-corrected chi connectivity index (χ1v) is 7.13. The minimum atomic E-state index is -0.968. The lowest BCUT2D eigenvalue weighted by Crippen LogP contribution is -2.31. The highest BCUT2D eigenvalue weighted by atomic mass is 16.4. The summed E-state index contributed by atoms with van der Waals surface area (Å²) in [5.41, 5.74) is 2.85. The first-order chi connectivity index (χ1) is 10.5. The van der Waals surface area contributed by atoms with Gasteiger partial charge in [-0.25, -0.2) is 0 Å². The van der Waals surface area contributed by atoms with Crippen LogP contribution in [0.15, 0.2) is 30.3 Å². The SMILES string of the molecule is CCc1cc(C(=O)N[C@@H](CC(=O)O)c2ccccc2C)n[nH]1. The molecule has 116 valence electrons. The lowest BCUT2D eigenvalue weighted by molar-refractivity contribution is -0.137. The third-order valence-electron chi connectivity index (χ3n) is 3.49. The molecule has 0 aliphatic heterocycles. The zero-order chi connectivity index (χ0) is 16.1. The molecule has 6 heteroatoms. The number of aryl methyl sites for hydroxylation is 2. The molecule has 0 spiro atoms. The third kappa shape index (κ3) is 3.72. The fourth-order valence-electron chi connectivity index (χ4n) is 2.28. The van der Waals surface area contributed by atoms with E-state index in [4.69, 9.17) is 5.11 Å². The van der Waals surface area contributed by atoms with Crippen LogP contribution in [0.3, 0.4) is 0 Å². The van der Waals surface area contributed by atoms with Gasteiger partial charge in [0.2, 0.25) is 0 Å². The van der Waals surface area contributed by atoms with Gasteiger partial charge in [-0.15, -0.1) is 0 Å². The molecule has 2 aromatic rings. The van der Waals surface area contributed by atoms with Crippen molar-refractivity contribution in [3.63, 3.8) is 0 Å². The predicted octanol–water partition coefficient (Wildman–Crippen LogP) is 2.23. The van der Waals surface area contributed by atoms with Gasteiger partial charge in [0.05, 0.1) is 12.5 Å². The molecule has 3 N–H and O–H groups in total. The third-order valence-corrected chi connectivity index (χ3v) is 3.49. The Balaban J connectivity index is 2.21. The highest BCUT2D eigenvalue weighted by Gasteiger charge is 2.21. The normalized spacial score (nSPS) is 11.9. The minimum Gasteiger partial charge on any atom is -0.481 e. The highest BCUT2D eigenvalue weighted by molar-refractivity contribution is 5.92. The molecule has 0 aliphatic rings. The van der Waals surface area contributed by atoms with Gasteiger partial charge in [-0.05, 0) is 30.5 Å². The molecule has 0 radical (unpaired) electrons. The van der Waals surface area contributed by atoms with Crippen LogP contribution in [0.5, 0.6) is 0 Å². The number of nitrogens with one attached hydrogen (secondary N) is 2. The molecular formula is C16H19N3O3. The number of H-pyrrole nitrogens is 1. The van der Waals surface area contributed by atoms with E-state index in [2.05, 4.69) is 15.5 Å². The lowest BCUT2D eigenvalue weighted by Gasteiger charge is -2.18. The molecular weight excluding hydrogens is 282 g/mol. The van der Waals surface area contributed by atoms with Gasteiger partial charge in [0.15, 0.2) is 0 Å². The minimum absolute atomic E-state index is 0.179. The summed E-state index contributed by atoms with van der Waals surface area (Å²) in [7, 11) is 0. The van der Waals surface area contributed by atoms with Crippen LogP contribution in [-0.2, 0) is 11.2 Å². The zero-order valence-corrected chi connectivity index (χ0v) is 12.6. The number of benzene rings is 1. The van der Waals surface area contributed by atoms with Gasteiger partial charge in [-0.2, -0.15) is 5.10 Å². The number of hydrogen-bond donors (Lipinski definition) is 3. The number of aromatic nitrogens is 2. The number of hydrogen-bond acceptors (Lipinski definition) is 3. The van der Waals surface area contributed by atoms with Crippen molar-refractivity contribution >= 4 is 11.9 Å². The van der Waals surface area contributed by atoms with Crippen LogP contribution in [0.1, 0.15) is 46.7 Å². The fourth-order valence-corrected chi connectivity index (χ4v) is 2.28. The Bertz CT molecular complexity index is 679. The van der Waals surface area contributed by atoms with Gasteiger partial charge >= 0.3 is 5.97 Å². The smallest absolute Gasteiger partial charge is 0.305 e. The van der Waals surface area contributed by atoms with E-state index in [1.54, 1.807) is 6.07 Å². The predicted molar refractivity (Wildman–Crippen MR) is 81.6 cm³/mol. The van der Waals surface area contributed by atoms with Crippen molar-refractivity contribution in [1.82, 2.24) is 15.5 Å². The monoisotopic (exact) mass is 301 g/mol. The van der Waals surface area contributed by atoms with E-state index in [0.29, 0.717) is 0 Å². The summed E-state index contributed by atoms with van der Waals surface area (Å²) in [6.07, 6.45) is 0.568. The maximum atomic E-state index is 12.3. The van der Waals surface area contributed by atoms with Crippen molar-refractivity contribution in [3.8, 4) is 0 Å². The molecule has 22 heavy (non-hydrogen) atoms. The van der Waals surface area contributed by atoms with Crippen LogP contribution in [0, 0.1) is 6.92 Å². The summed E-state index contributed by atoms with van der Waals surface area (Å²) in [4.78, 5) is 23.4. The molecule has 0 saturated heterocycles. The van der Waals surface area contributed by atoms with Crippen molar-refractivity contribution in [3.05, 3.63) is 52.8 Å². The van der Waals surface area contributed by atoms with Crippen molar-refractivity contribution in [2.75, 3.05) is 0 Å². The Morgan fingerprint density at radius 3 is 2.68 bits per heavy atom. The topological polar surface area (TPSA) is 95.1 Å². The second-order valence-corrected chi connectivity index (χ2v) is 5.11. The van der Waals surface area contributed by atoms with E-state index in [9.17, 15) is 9.59 Å². The number of carbonyl (C=O) groups is 2. The van der Waals surface area contributed by atoms with Crippen LogP contribution >= 0.6 is 0 Å². The molecule has 0 aliphatic carbocycles. The van der Waals surface area contributed by atoms with Crippen LogP contribution in [0.2, 0.25) is 0 Å². The Hall–Kier alpha value is -2.63. The average Bonchev–Trinajstić information content (AvgIpc) is 2.95. The zero-order valence-electron chi connectivity index (χ0n) is 12.6. The summed E-state index contributed by atoms with van der Waals surface area (Å²) < 4.78 is 0. The van der Waals surface area contributed by atoms with Crippen molar-refractivity contribution < 1.29 is 14.7 Å². The molecule has 1 amide bonds. The number of nitrogens with zero attached hydrogens (tertiary/aromatic N) is 1. The number of carboxylic acid groups (broad SMARTS) is 1. The summed E-state index contributed by atoms with van der Waals surface area (Å²) in [5, 5.41) is 18.6. The number of rotatable bonds is 6. The van der Waals surface area contributed by atoms with Crippen molar-refractivity contribution in [2.45, 2.75) is 32.7 Å². The number of carboxylic acids is 1. The van der Waals surface area contributed by atoms with Gasteiger partial charge in [0.1, 0.15) is 5.69 Å². The van der Waals surface area contributed by atoms with Gasteiger partial charge in [-0.1, -0.05) is 31.2 Å². The molecule has 0 saturated carbocycles. The standard InChI is InChI=1S/C16H19N3O3/c1-3-11-8-14(19-18-11)16(22)17-13(9-15(20)21)12-7-5-4-6-10(12)2/h4-8,13H,3,9H2,1-2H3,(H,17,22)(H,18,19)(H,20,21)/t13-/m0/s1. The Kier molecular flexibility index (Phi) is 4.93. The number of aliphatic carboxylic acids is 1. The maximum absolute atomic E-state index is 12.3. The van der Waals surface area contributed by atoms with E-state index in [1.165, 1.54) is 0 Å². The molecule has 1 aromatic heterocycles. The summed E-state index contributed by atoms with van der Waals surface area (Å²) >= 11 is 0. The second-order valence-electron chi connectivity index (χ2n) is 5.11. The van der Waals surface area contributed by atoms with E-state index in [1.807, 2.05) is 38.1 Å². The second kappa shape index (κ2) is 6.89. The van der Waals surface area contributed by atoms with Crippen LogP contribution in [0.25, 0.3) is 0 Å². The summed E-state index contributed by atoms with van der Waals surface area (Å²) in [6, 6.07) is 8.50. The largest absolute Gasteiger partial charge is 0.481 e. The molecule has 6 nitrogen and oxygen atoms in total. The van der Waals surface area contributed by atoms with E-state index in [0.717, 1.165) is 23.2 Å². The molecule has 0 unspecified atom stereocenters. The molecule has 1 atom stereocenters. The highest BCUT2D eigenvalue weighted by Crippen LogP contribution is 2.21. The summed E-state index contributed by atoms with van der Waals surface area (Å²) in [5.74, 6) is -1.35. The van der Waals surface area contributed by atoms with Gasteiger partial charge < -0.3 is 10.4 Å². The number of amides is 1. The average molecular weight is 301 g/mol. The fraction of sp³-hybridized carbons (Fsp3) is 0.312. The first-order valence-electron chi connectivity index (χ1n) is 7.13. The lowest BCUT2D eigenvalue weighted by atomic mass is 9.98. The van der Waals surface area contributed by atoms with Crippen molar-refractivity contribution in [1.29, 1.82) is 0 Å². The molecule has 1 heterocycles. The quantitative estimate of drug-likeness (QED) is 0.762. The molecule has 2 rings (SSSR count). The van der Waals surface area contributed by atoms with Gasteiger partial charge in [0.25, 0.3) is 5.91 Å². The maximum Gasteiger partial charge on any atom is 0.305 e.